The van der Waals surface area contributed by atoms with Crippen molar-refractivity contribution >= 4 is 17.6 Å². The second kappa shape index (κ2) is 4.08. The maximum Gasteiger partial charge on any atom is 0.249 e. The van der Waals surface area contributed by atoms with Gasteiger partial charge in [0, 0.05) is 35.6 Å². The fourth-order valence-corrected chi connectivity index (χ4v) is 2.39. The smallest absolute Gasteiger partial charge is 0.249 e. The molecule has 3 rings (SSSR count). The molecule has 1 saturated carbocycles. The second-order valence-electron chi connectivity index (χ2n) is 5.25. The Bertz CT molecular complexity index is 572. The van der Waals surface area contributed by atoms with Gasteiger partial charge in [0.25, 0.3) is 0 Å². The fourth-order valence-electron chi connectivity index (χ4n) is 2.39. The molecule has 19 heavy (non-hydrogen) atoms. The summed E-state index contributed by atoms with van der Waals surface area (Å²) in [7, 11) is 0. The predicted molar refractivity (Wildman–Crippen MR) is 67.9 cm³/mol. The van der Waals surface area contributed by atoms with Gasteiger partial charge in [-0.3, -0.25) is 0 Å². The second-order valence-corrected chi connectivity index (χ2v) is 5.25. The Balaban J connectivity index is 1.77. The van der Waals surface area contributed by atoms with E-state index < -0.39 is 5.92 Å². The highest BCUT2D eigenvalue weighted by Crippen LogP contribution is 2.45. The lowest BCUT2D eigenvalue weighted by Crippen LogP contribution is -2.41. The minimum Gasteiger partial charge on any atom is -0.398 e. The van der Waals surface area contributed by atoms with Crippen LogP contribution in [0.3, 0.4) is 0 Å². The molecule has 0 spiro atoms. The van der Waals surface area contributed by atoms with Gasteiger partial charge in [-0.25, -0.2) is 8.78 Å². The SMILES string of the molecule is Cc1ccc([N+]2=CC(C3CC(F)(F)C3)N=N2)cc1N. The largest absolute Gasteiger partial charge is 0.398 e. The lowest BCUT2D eigenvalue weighted by molar-refractivity contribution is -0.444. The van der Waals surface area contributed by atoms with Gasteiger partial charge in [0.1, 0.15) is 11.4 Å². The number of hydrogen-bond acceptors (Lipinski definition) is 3. The van der Waals surface area contributed by atoms with E-state index in [-0.39, 0.29) is 24.8 Å². The molecule has 100 valence electrons. The van der Waals surface area contributed by atoms with Crippen LogP contribution in [0.2, 0.25) is 0 Å². The number of nitrogens with zero attached hydrogens (tertiary/aromatic N) is 3. The highest BCUT2D eigenvalue weighted by Gasteiger charge is 2.51. The lowest BCUT2D eigenvalue weighted by Gasteiger charge is -2.33. The Morgan fingerprint density at radius 3 is 2.74 bits per heavy atom. The zero-order valence-electron chi connectivity index (χ0n) is 10.6. The number of alkyl halides is 2. The number of anilines is 1. The van der Waals surface area contributed by atoms with Crippen molar-refractivity contribution in [1.82, 2.24) is 0 Å². The summed E-state index contributed by atoms with van der Waals surface area (Å²) >= 11 is 0. The van der Waals surface area contributed by atoms with Crippen LogP contribution < -0.4 is 5.73 Å². The van der Waals surface area contributed by atoms with E-state index >= 15 is 0 Å². The molecule has 0 bridgehead atoms. The quantitative estimate of drug-likeness (QED) is 0.648. The van der Waals surface area contributed by atoms with Crippen molar-refractivity contribution in [2.24, 2.45) is 16.3 Å². The Morgan fingerprint density at radius 2 is 2.11 bits per heavy atom. The number of nitrogens with two attached hydrogens (primary N) is 1. The molecular formula is C13H15F2N4+. The van der Waals surface area contributed by atoms with Crippen molar-refractivity contribution in [3.05, 3.63) is 23.8 Å². The molecule has 0 saturated heterocycles. The average Bonchev–Trinajstić information content (AvgIpc) is 2.78. The summed E-state index contributed by atoms with van der Waals surface area (Å²) in [6.07, 6.45) is 1.58. The standard InChI is InChI=1S/C13H15F2N4/c1-8-2-3-10(4-11(8)16)19-7-12(17-18-19)9-5-13(14,15)6-9/h2-4,7,9,12H,5-6,16H2,1H3/q+1. The van der Waals surface area contributed by atoms with Crippen molar-refractivity contribution in [3.63, 3.8) is 0 Å². The number of aryl methyl sites for hydroxylation is 1. The van der Waals surface area contributed by atoms with E-state index in [1.807, 2.05) is 25.1 Å². The maximum absolute atomic E-state index is 12.8. The summed E-state index contributed by atoms with van der Waals surface area (Å²) in [5.41, 5.74) is 8.33. The van der Waals surface area contributed by atoms with Gasteiger partial charge >= 0.3 is 0 Å². The third-order valence-corrected chi connectivity index (χ3v) is 3.71. The average molecular weight is 265 g/mol. The molecule has 2 N–H and O–H groups in total. The molecule has 0 aromatic heterocycles. The molecule has 6 heteroatoms. The summed E-state index contributed by atoms with van der Waals surface area (Å²) in [4.78, 5) is 0. The number of halogens is 2. The molecule has 4 nitrogen and oxygen atoms in total. The first-order valence-corrected chi connectivity index (χ1v) is 6.23. The highest BCUT2D eigenvalue weighted by molar-refractivity contribution is 5.64. The van der Waals surface area contributed by atoms with Crippen LogP contribution in [-0.4, -0.2) is 22.9 Å². The maximum atomic E-state index is 12.8. The number of benzene rings is 1. The molecule has 0 amide bonds. The van der Waals surface area contributed by atoms with E-state index in [4.69, 9.17) is 5.73 Å². The van der Waals surface area contributed by atoms with Crippen LogP contribution in [0.25, 0.3) is 0 Å². The van der Waals surface area contributed by atoms with Crippen LogP contribution in [-0.2, 0) is 0 Å². The van der Waals surface area contributed by atoms with Crippen molar-refractivity contribution < 1.29 is 13.5 Å². The topological polar surface area (TPSA) is 53.8 Å². The summed E-state index contributed by atoms with van der Waals surface area (Å²) in [6.45, 7) is 1.92. The van der Waals surface area contributed by atoms with Crippen LogP contribution in [0.15, 0.2) is 28.5 Å². The number of hydrogen-bond donors (Lipinski definition) is 1. The van der Waals surface area contributed by atoms with Crippen molar-refractivity contribution in [1.29, 1.82) is 0 Å². The molecule has 1 fully saturated rings. The zero-order valence-corrected chi connectivity index (χ0v) is 10.6. The van der Waals surface area contributed by atoms with Crippen molar-refractivity contribution in [2.75, 3.05) is 5.73 Å². The van der Waals surface area contributed by atoms with Gasteiger partial charge in [-0.2, -0.15) is 0 Å². The molecule has 1 aromatic rings. The first-order chi connectivity index (χ1) is 8.94. The van der Waals surface area contributed by atoms with Crippen LogP contribution in [0.4, 0.5) is 20.2 Å². The first-order valence-electron chi connectivity index (χ1n) is 6.23. The van der Waals surface area contributed by atoms with Gasteiger partial charge in [0.05, 0.1) is 0 Å². The summed E-state index contributed by atoms with van der Waals surface area (Å²) in [6, 6.07) is 5.35. The monoisotopic (exact) mass is 265 g/mol. The molecule has 1 unspecified atom stereocenters. The van der Waals surface area contributed by atoms with Crippen molar-refractivity contribution in [3.8, 4) is 0 Å². The molecule has 1 aromatic carbocycles. The molecule has 1 aliphatic heterocycles. The first kappa shape index (κ1) is 12.2. The fraction of sp³-hybridized carbons (Fsp3) is 0.462. The van der Waals surface area contributed by atoms with Crippen LogP contribution in [0.1, 0.15) is 18.4 Å². The highest BCUT2D eigenvalue weighted by atomic mass is 19.3. The lowest BCUT2D eigenvalue weighted by atomic mass is 9.77. The Morgan fingerprint density at radius 1 is 1.37 bits per heavy atom. The normalized spacial score (nSPS) is 25.2. The Hall–Kier alpha value is -1.85. The van der Waals surface area contributed by atoms with E-state index in [1.165, 1.54) is 0 Å². The predicted octanol–water partition coefficient (Wildman–Crippen LogP) is 3.09. The van der Waals surface area contributed by atoms with Crippen molar-refractivity contribution in [2.45, 2.75) is 31.7 Å². The van der Waals surface area contributed by atoms with E-state index in [9.17, 15) is 8.78 Å². The van der Waals surface area contributed by atoms with Gasteiger partial charge in [-0.15, -0.1) is 4.68 Å². The van der Waals surface area contributed by atoms with Gasteiger partial charge in [0.15, 0.2) is 5.69 Å². The minimum atomic E-state index is -2.52. The number of rotatable bonds is 2. The summed E-state index contributed by atoms with van der Waals surface area (Å²) in [5.74, 6) is -2.62. The van der Waals surface area contributed by atoms with Gasteiger partial charge in [-0.1, -0.05) is 6.07 Å². The summed E-state index contributed by atoms with van der Waals surface area (Å²) < 4.78 is 27.3. The van der Waals surface area contributed by atoms with E-state index in [1.54, 1.807) is 10.9 Å². The van der Waals surface area contributed by atoms with Crippen LogP contribution >= 0.6 is 0 Å². The molecular weight excluding hydrogens is 250 g/mol. The molecule has 1 heterocycles. The number of nitrogen functional groups attached to an aromatic ring is 1. The minimum absolute atomic E-state index is 0.100. The molecule has 1 aliphatic carbocycles. The van der Waals surface area contributed by atoms with E-state index in [2.05, 4.69) is 10.3 Å². The van der Waals surface area contributed by atoms with Gasteiger partial charge in [-0.05, 0) is 18.6 Å². The Kier molecular flexibility index (Phi) is 2.62. The Labute approximate surface area is 109 Å². The molecule has 0 radical (unpaired) electrons. The van der Waals surface area contributed by atoms with E-state index in [0.717, 1.165) is 11.3 Å². The third-order valence-electron chi connectivity index (χ3n) is 3.71. The van der Waals surface area contributed by atoms with E-state index in [0.29, 0.717) is 5.69 Å². The van der Waals surface area contributed by atoms with Crippen LogP contribution in [0, 0.1) is 12.8 Å². The third kappa shape index (κ3) is 2.22. The van der Waals surface area contributed by atoms with Gasteiger partial charge in [0.2, 0.25) is 12.0 Å². The molecule has 1 atom stereocenters. The summed E-state index contributed by atoms with van der Waals surface area (Å²) in [5, 5.41) is 8.07. The van der Waals surface area contributed by atoms with Crippen LogP contribution in [0.5, 0.6) is 0 Å². The molecule has 2 aliphatic rings. The zero-order chi connectivity index (χ0) is 13.6. The van der Waals surface area contributed by atoms with Gasteiger partial charge < -0.3 is 5.73 Å².